The minimum atomic E-state index is -0.519. The second-order valence-electron chi connectivity index (χ2n) is 3.20. The maximum absolute atomic E-state index is 13.0. The van der Waals surface area contributed by atoms with Gasteiger partial charge in [-0.3, -0.25) is 0 Å². The summed E-state index contributed by atoms with van der Waals surface area (Å²) in [6, 6.07) is 9.37. The molecule has 0 fully saturated rings. The predicted octanol–water partition coefficient (Wildman–Crippen LogP) is 3.34. The zero-order chi connectivity index (χ0) is 10.8. The molecule has 3 heteroatoms. The van der Waals surface area contributed by atoms with Gasteiger partial charge in [0.25, 0.3) is 0 Å². The Morgan fingerprint density at radius 2 is 1.40 bits per heavy atom. The first-order valence-corrected chi connectivity index (χ1v) is 4.40. The molecule has 0 saturated carbocycles. The Morgan fingerprint density at radius 1 is 0.733 bits per heavy atom. The van der Waals surface area contributed by atoms with Gasteiger partial charge in [0.15, 0.2) is 0 Å². The fourth-order valence-electron chi connectivity index (χ4n) is 1.38. The van der Waals surface area contributed by atoms with Crippen molar-refractivity contribution >= 4 is 0 Å². The topological polar surface area (TPSA) is 20.2 Å². The molecule has 0 amide bonds. The van der Waals surface area contributed by atoms with Crippen molar-refractivity contribution in [3.8, 4) is 16.9 Å². The van der Waals surface area contributed by atoms with Gasteiger partial charge in [0.1, 0.15) is 17.4 Å². The molecule has 0 bridgehead atoms. The predicted molar refractivity (Wildman–Crippen MR) is 53.5 cm³/mol. The smallest absolute Gasteiger partial charge is 0.127 e. The van der Waals surface area contributed by atoms with Gasteiger partial charge in [0.05, 0.1) is 0 Å². The molecular formula is C12H8F2O. The second kappa shape index (κ2) is 3.69. The van der Waals surface area contributed by atoms with Crippen LogP contribution < -0.4 is 0 Å². The van der Waals surface area contributed by atoms with Gasteiger partial charge in [-0.05, 0) is 35.4 Å². The molecule has 0 radical (unpaired) electrons. The molecule has 0 aliphatic rings. The largest absolute Gasteiger partial charge is 0.508 e. The lowest BCUT2D eigenvalue weighted by Crippen LogP contribution is -1.81. The van der Waals surface area contributed by atoms with Gasteiger partial charge < -0.3 is 5.11 Å². The van der Waals surface area contributed by atoms with Crippen LogP contribution in [0.5, 0.6) is 5.75 Å². The number of benzene rings is 2. The number of hydrogen-bond acceptors (Lipinski definition) is 1. The Balaban J connectivity index is 2.49. The number of phenolic OH excluding ortho intramolecular Hbond substituents is 1. The fraction of sp³-hybridized carbons (Fsp3) is 0. The lowest BCUT2D eigenvalue weighted by atomic mass is 10.1. The van der Waals surface area contributed by atoms with Gasteiger partial charge in [0, 0.05) is 6.07 Å². The molecule has 1 nitrogen and oxygen atoms in total. The van der Waals surface area contributed by atoms with Crippen LogP contribution in [-0.4, -0.2) is 5.11 Å². The number of rotatable bonds is 1. The summed E-state index contributed by atoms with van der Waals surface area (Å²) in [6.07, 6.45) is 0. The van der Waals surface area contributed by atoms with Crippen LogP contribution in [0.1, 0.15) is 0 Å². The van der Waals surface area contributed by atoms with E-state index in [1.54, 1.807) is 0 Å². The molecule has 0 aromatic heterocycles. The summed E-state index contributed by atoms with van der Waals surface area (Å²) in [5.41, 5.74) is 1.18. The lowest BCUT2D eigenvalue weighted by molar-refractivity contribution is 0.469. The van der Waals surface area contributed by atoms with E-state index in [2.05, 4.69) is 0 Å². The van der Waals surface area contributed by atoms with Crippen LogP contribution in [0.15, 0.2) is 42.5 Å². The van der Waals surface area contributed by atoms with E-state index >= 15 is 0 Å². The zero-order valence-corrected chi connectivity index (χ0v) is 7.74. The van der Waals surface area contributed by atoms with Crippen LogP contribution in [0.2, 0.25) is 0 Å². The van der Waals surface area contributed by atoms with Crippen LogP contribution in [0.3, 0.4) is 0 Å². The second-order valence-corrected chi connectivity index (χ2v) is 3.20. The highest BCUT2D eigenvalue weighted by Crippen LogP contribution is 2.24. The summed E-state index contributed by atoms with van der Waals surface area (Å²) in [7, 11) is 0. The molecule has 2 aromatic carbocycles. The monoisotopic (exact) mass is 206 g/mol. The van der Waals surface area contributed by atoms with Crippen molar-refractivity contribution in [3.05, 3.63) is 54.1 Å². The minimum Gasteiger partial charge on any atom is -0.508 e. The minimum absolute atomic E-state index is 0.144. The van der Waals surface area contributed by atoms with Gasteiger partial charge in [-0.2, -0.15) is 0 Å². The van der Waals surface area contributed by atoms with Crippen LogP contribution in [0.25, 0.3) is 11.1 Å². The number of phenols is 1. The number of halogens is 2. The highest BCUT2D eigenvalue weighted by atomic mass is 19.1. The summed E-state index contributed by atoms with van der Waals surface area (Å²) in [5.74, 6) is -1.01. The third-order valence-corrected chi connectivity index (χ3v) is 2.06. The first-order valence-electron chi connectivity index (χ1n) is 4.40. The third-order valence-electron chi connectivity index (χ3n) is 2.06. The Bertz CT molecular complexity index is 457. The summed E-state index contributed by atoms with van der Waals surface area (Å²) in [4.78, 5) is 0. The number of hydrogen-bond donors (Lipinski definition) is 1. The summed E-state index contributed by atoms with van der Waals surface area (Å²) < 4.78 is 25.6. The first kappa shape index (κ1) is 9.65. The van der Waals surface area contributed by atoms with Gasteiger partial charge in [-0.15, -0.1) is 0 Å². The highest BCUT2D eigenvalue weighted by molar-refractivity contribution is 5.64. The van der Waals surface area contributed by atoms with Crippen molar-refractivity contribution in [1.29, 1.82) is 0 Å². The van der Waals surface area contributed by atoms with E-state index in [0.29, 0.717) is 11.1 Å². The lowest BCUT2D eigenvalue weighted by Gasteiger charge is -2.02. The van der Waals surface area contributed by atoms with Crippen LogP contribution in [-0.2, 0) is 0 Å². The number of aromatic hydroxyl groups is 1. The molecule has 0 aliphatic carbocycles. The zero-order valence-electron chi connectivity index (χ0n) is 7.74. The van der Waals surface area contributed by atoms with E-state index in [1.807, 2.05) is 0 Å². The van der Waals surface area contributed by atoms with E-state index in [-0.39, 0.29) is 11.6 Å². The highest BCUT2D eigenvalue weighted by Gasteiger charge is 2.02. The molecule has 1 N–H and O–H groups in total. The molecule has 2 aromatic rings. The fourth-order valence-corrected chi connectivity index (χ4v) is 1.38. The van der Waals surface area contributed by atoms with E-state index in [4.69, 9.17) is 0 Å². The third kappa shape index (κ3) is 2.13. The van der Waals surface area contributed by atoms with E-state index in [1.165, 1.54) is 36.4 Å². The maximum atomic E-state index is 13.0. The Kier molecular flexibility index (Phi) is 2.37. The van der Waals surface area contributed by atoms with Crippen LogP contribution in [0.4, 0.5) is 8.78 Å². The van der Waals surface area contributed by atoms with Gasteiger partial charge in [0.2, 0.25) is 0 Å². The molecule has 0 atom stereocenters. The van der Waals surface area contributed by atoms with Crippen molar-refractivity contribution in [2.24, 2.45) is 0 Å². The van der Waals surface area contributed by atoms with Crippen molar-refractivity contribution in [2.75, 3.05) is 0 Å². The summed E-state index contributed by atoms with van der Waals surface area (Å²) in [6.45, 7) is 0. The quantitative estimate of drug-likeness (QED) is 0.758. The van der Waals surface area contributed by atoms with Gasteiger partial charge >= 0.3 is 0 Å². The van der Waals surface area contributed by atoms with E-state index in [9.17, 15) is 13.9 Å². The molecule has 0 heterocycles. The molecule has 0 spiro atoms. The van der Waals surface area contributed by atoms with Crippen molar-refractivity contribution in [2.45, 2.75) is 0 Å². The Hall–Kier alpha value is -1.90. The maximum Gasteiger partial charge on any atom is 0.127 e. The average Bonchev–Trinajstić information content (AvgIpc) is 2.17. The molecule has 15 heavy (non-hydrogen) atoms. The Morgan fingerprint density at radius 3 is 2.00 bits per heavy atom. The van der Waals surface area contributed by atoms with Crippen molar-refractivity contribution in [1.82, 2.24) is 0 Å². The van der Waals surface area contributed by atoms with E-state index in [0.717, 1.165) is 6.07 Å². The van der Waals surface area contributed by atoms with Gasteiger partial charge in [-0.1, -0.05) is 12.1 Å². The van der Waals surface area contributed by atoms with Crippen LogP contribution >= 0.6 is 0 Å². The summed E-state index contributed by atoms with van der Waals surface area (Å²) >= 11 is 0. The standard InChI is InChI=1S/C12H8F2O/c13-10-3-1-8(2-4-10)9-5-11(14)7-12(15)6-9/h1-7,15H. The molecule has 0 saturated heterocycles. The van der Waals surface area contributed by atoms with Gasteiger partial charge in [-0.25, -0.2) is 8.78 Å². The summed E-state index contributed by atoms with van der Waals surface area (Å²) in [5, 5.41) is 9.20. The Labute approximate surface area is 85.6 Å². The SMILES string of the molecule is Oc1cc(F)cc(-c2ccc(F)cc2)c1. The molecular weight excluding hydrogens is 198 g/mol. The average molecular weight is 206 g/mol. The van der Waals surface area contributed by atoms with E-state index < -0.39 is 5.82 Å². The van der Waals surface area contributed by atoms with Crippen LogP contribution in [0, 0.1) is 11.6 Å². The van der Waals surface area contributed by atoms with Crippen molar-refractivity contribution in [3.63, 3.8) is 0 Å². The molecule has 76 valence electrons. The molecule has 2 rings (SSSR count). The first-order chi connectivity index (χ1) is 7.15. The molecule has 0 aliphatic heterocycles. The normalized spacial score (nSPS) is 10.3. The molecule has 0 unspecified atom stereocenters. The van der Waals surface area contributed by atoms with Crippen molar-refractivity contribution < 1.29 is 13.9 Å².